The quantitative estimate of drug-likeness (QED) is 0.505. The lowest BCUT2D eigenvalue weighted by atomic mass is 9.81. The summed E-state index contributed by atoms with van der Waals surface area (Å²) in [6, 6.07) is -1.10. The van der Waals surface area contributed by atoms with Gasteiger partial charge in [-0.25, -0.2) is 4.79 Å². The van der Waals surface area contributed by atoms with Gasteiger partial charge < -0.3 is 21.9 Å². The first-order valence-electron chi connectivity index (χ1n) is 5.97. The van der Waals surface area contributed by atoms with Gasteiger partial charge in [0.1, 0.15) is 5.54 Å². The fourth-order valence-corrected chi connectivity index (χ4v) is 2.19. The minimum Gasteiger partial charge on any atom is -0.480 e. The molecule has 1 aliphatic carbocycles. The first-order valence-corrected chi connectivity index (χ1v) is 5.97. The van der Waals surface area contributed by atoms with Crippen molar-refractivity contribution in [3.8, 4) is 0 Å². The highest BCUT2D eigenvalue weighted by atomic mass is 16.4. The molecule has 1 saturated carbocycles. The third kappa shape index (κ3) is 3.43. The smallest absolute Gasteiger partial charge is 0.329 e. The Hall–Kier alpha value is -1.63. The second kappa shape index (κ2) is 5.81. The Morgan fingerprint density at radius 1 is 1.22 bits per heavy atom. The Labute approximate surface area is 105 Å². The number of hydrogen-bond acceptors (Lipinski definition) is 4. The lowest BCUT2D eigenvalue weighted by molar-refractivity contribution is -0.149. The molecular weight excluding hydrogens is 238 g/mol. The molecule has 6 N–H and O–H groups in total. The molecule has 1 rings (SSSR count). The highest BCUT2D eigenvalue weighted by molar-refractivity contribution is 5.92. The van der Waals surface area contributed by atoms with Crippen LogP contribution < -0.4 is 16.8 Å². The normalized spacial score (nSPS) is 19.8. The minimum absolute atomic E-state index is 0.290. The number of primary amides is 1. The van der Waals surface area contributed by atoms with Crippen LogP contribution >= 0.6 is 0 Å². The summed E-state index contributed by atoms with van der Waals surface area (Å²) >= 11 is 0. The predicted octanol–water partition coefficient (Wildman–Crippen LogP) is -0.907. The van der Waals surface area contributed by atoms with Gasteiger partial charge in [0, 0.05) is 0 Å². The van der Waals surface area contributed by atoms with E-state index in [4.69, 9.17) is 11.5 Å². The Morgan fingerprint density at radius 3 is 2.22 bits per heavy atom. The zero-order chi connectivity index (χ0) is 13.8. The van der Waals surface area contributed by atoms with E-state index in [1.165, 1.54) is 0 Å². The Balaban J connectivity index is 2.69. The van der Waals surface area contributed by atoms with Gasteiger partial charge in [0.15, 0.2) is 0 Å². The van der Waals surface area contributed by atoms with Crippen LogP contribution in [0.4, 0.5) is 0 Å². The number of hydrogen-bond donors (Lipinski definition) is 4. The SMILES string of the molecule is NC(=O)CC(N)C(=O)NC1(C(=O)O)CCCCC1. The molecule has 0 saturated heterocycles. The molecule has 0 aromatic carbocycles. The maximum atomic E-state index is 11.7. The zero-order valence-corrected chi connectivity index (χ0v) is 10.1. The number of aliphatic carboxylic acids is 1. The standard InChI is InChI=1S/C11H19N3O4/c12-7(6-8(13)15)9(16)14-11(10(17)18)4-2-1-3-5-11/h7H,1-6,12H2,(H2,13,15)(H,14,16)(H,17,18). The number of carboxylic acids is 1. The maximum absolute atomic E-state index is 11.7. The van der Waals surface area contributed by atoms with Gasteiger partial charge in [-0.2, -0.15) is 0 Å². The second-order valence-corrected chi connectivity index (χ2v) is 4.71. The summed E-state index contributed by atoms with van der Waals surface area (Å²) in [6.07, 6.45) is 2.93. The van der Waals surface area contributed by atoms with Crippen LogP contribution in [0.5, 0.6) is 0 Å². The number of carboxylic acid groups (broad SMARTS) is 1. The van der Waals surface area contributed by atoms with Gasteiger partial charge in [-0.15, -0.1) is 0 Å². The predicted molar refractivity (Wildman–Crippen MR) is 63.4 cm³/mol. The summed E-state index contributed by atoms with van der Waals surface area (Å²) < 4.78 is 0. The summed E-state index contributed by atoms with van der Waals surface area (Å²) in [5.41, 5.74) is 9.18. The summed E-state index contributed by atoms with van der Waals surface area (Å²) in [4.78, 5) is 33.7. The van der Waals surface area contributed by atoms with Gasteiger partial charge in [0.2, 0.25) is 11.8 Å². The minimum atomic E-state index is -1.25. The van der Waals surface area contributed by atoms with Crippen LogP contribution in [0.25, 0.3) is 0 Å². The van der Waals surface area contributed by atoms with Crippen molar-refractivity contribution >= 4 is 17.8 Å². The van der Waals surface area contributed by atoms with Crippen molar-refractivity contribution in [2.75, 3.05) is 0 Å². The van der Waals surface area contributed by atoms with Gasteiger partial charge in [-0.05, 0) is 12.8 Å². The molecule has 1 atom stereocenters. The van der Waals surface area contributed by atoms with E-state index in [2.05, 4.69) is 5.32 Å². The Bertz CT molecular complexity index is 350. The van der Waals surface area contributed by atoms with Crippen LogP contribution in [0.3, 0.4) is 0 Å². The van der Waals surface area contributed by atoms with E-state index in [1.807, 2.05) is 0 Å². The molecular formula is C11H19N3O4. The largest absolute Gasteiger partial charge is 0.480 e. The molecule has 7 heteroatoms. The third-order valence-corrected chi connectivity index (χ3v) is 3.24. The van der Waals surface area contributed by atoms with Crippen LogP contribution in [0.1, 0.15) is 38.5 Å². The monoisotopic (exact) mass is 257 g/mol. The lowest BCUT2D eigenvalue weighted by Crippen LogP contribution is -2.59. The Morgan fingerprint density at radius 2 is 1.78 bits per heavy atom. The van der Waals surface area contributed by atoms with E-state index < -0.39 is 29.4 Å². The van der Waals surface area contributed by atoms with Crippen LogP contribution in [0, 0.1) is 0 Å². The molecule has 0 spiro atoms. The average Bonchev–Trinajstić information content (AvgIpc) is 2.29. The molecule has 0 aliphatic heterocycles. The number of amides is 2. The fraction of sp³-hybridized carbons (Fsp3) is 0.727. The Kier molecular flexibility index (Phi) is 4.66. The first kappa shape index (κ1) is 14.4. The van der Waals surface area contributed by atoms with E-state index in [-0.39, 0.29) is 6.42 Å². The molecule has 1 aliphatic rings. The number of rotatable bonds is 5. The summed E-state index contributed by atoms with van der Waals surface area (Å²) in [5, 5.41) is 11.7. The summed E-state index contributed by atoms with van der Waals surface area (Å²) in [5.74, 6) is -2.38. The molecule has 1 unspecified atom stereocenters. The number of carbonyl (C=O) groups is 3. The van der Waals surface area contributed by atoms with Gasteiger partial charge in [-0.3, -0.25) is 9.59 Å². The van der Waals surface area contributed by atoms with E-state index in [0.717, 1.165) is 19.3 Å². The van der Waals surface area contributed by atoms with Crippen molar-refractivity contribution in [3.63, 3.8) is 0 Å². The van der Waals surface area contributed by atoms with Crippen molar-refractivity contribution in [2.24, 2.45) is 11.5 Å². The molecule has 1 fully saturated rings. The van der Waals surface area contributed by atoms with Crippen LogP contribution in [-0.4, -0.2) is 34.5 Å². The number of nitrogens with two attached hydrogens (primary N) is 2. The molecule has 18 heavy (non-hydrogen) atoms. The van der Waals surface area contributed by atoms with Crippen LogP contribution in [0.2, 0.25) is 0 Å². The van der Waals surface area contributed by atoms with Crippen molar-refractivity contribution in [3.05, 3.63) is 0 Å². The van der Waals surface area contributed by atoms with Crippen LogP contribution in [-0.2, 0) is 14.4 Å². The first-order chi connectivity index (χ1) is 8.37. The van der Waals surface area contributed by atoms with Crippen molar-refractivity contribution in [1.82, 2.24) is 5.32 Å². The van der Waals surface area contributed by atoms with Crippen molar-refractivity contribution in [1.29, 1.82) is 0 Å². The fourth-order valence-electron chi connectivity index (χ4n) is 2.19. The summed E-state index contributed by atoms with van der Waals surface area (Å²) in [6.45, 7) is 0. The van der Waals surface area contributed by atoms with E-state index in [0.29, 0.717) is 12.8 Å². The van der Waals surface area contributed by atoms with Gasteiger partial charge >= 0.3 is 5.97 Å². The zero-order valence-electron chi connectivity index (χ0n) is 10.1. The van der Waals surface area contributed by atoms with Gasteiger partial charge in [-0.1, -0.05) is 19.3 Å². The van der Waals surface area contributed by atoms with E-state index >= 15 is 0 Å². The highest BCUT2D eigenvalue weighted by Crippen LogP contribution is 2.28. The molecule has 102 valence electrons. The van der Waals surface area contributed by atoms with Crippen LogP contribution in [0.15, 0.2) is 0 Å². The highest BCUT2D eigenvalue weighted by Gasteiger charge is 2.41. The van der Waals surface area contributed by atoms with E-state index in [1.54, 1.807) is 0 Å². The topological polar surface area (TPSA) is 136 Å². The third-order valence-electron chi connectivity index (χ3n) is 3.24. The molecule has 0 aromatic rings. The summed E-state index contributed by atoms with van der Waals surface area (Å²) in [7, 11) is 0. The van der Waals surface area contributed by atoms with Gasteiger partial charge in [0.05, 0.1) is 12.5 Å². The second-order valence-electron chi connectivity index (χ2n) is 4.71. The number of carbonyl (C=O) groups excluding carboxylic acids is 2. The molecule has 2 amide bonds. The van der Waals surface area contributed by atoms with E-state index in [9.17, 15) is 19.5 Å². The molecule has 7 nitrogen and oxygen atoms in total. The van der Waals surface area contributed by atoms with Gasteiger partial charge in [0.25, 0.3) is 0 Å². The molecule has 0 radical (unpaired) electrons. The number of nitrogens with one attached hydrogen (secondary N) is 1. The van der Waals surface area contributed by atoms with Crippen molar-refractivity contribution in [2.45, 2.75) is 50.1 Å². The average molecular weight is 257 g/mol. The van der Waals surface area contributed by atoms with Crippen molar-refractivity contribution < 1.29 is 19.5 Å². The molecule has 0 aromatic heterocycles. The maximum Gasteiger partial charge on any atom is 0.329 e. The molecule has 0 bridgehead atoms. The lowest BCUT2D eigenvalue weighted by Gasteiger charge is -2.34. The molecule has 0 heterocycles.